The number of ether oxygens (including phenoxy) is 2. The third kappa shape index (κ3) is 3.79. The number of carboxylic acids is 1. The smallest absolute Gasteiger partial charge is 0.306 e. The summed E-state index contributed by atoms with van der Waals surface area (Å²) < 4.78 is 11.0. The first-order valence-corrected chi connectivity index (χ1v) is 7.86. The number of aliphatic carboxylic acids is 1. The van der Waals surface area contributed by atoms with Gasteiger partial charge in [-0.2, -0.15) is 0 Å². The maximum Gasteiger partial charge on any atom is 0.306 e. The normalized spacial score (nSPS) is 22.1. The molecule has 1 unspecified atom stereocenters. The zero-order chi connectivity index (χ0) is 16.2. The number of rotatable bonds is 4. The van der Waals surface area contributed by atoms with Crippen molar-refractivity contribution in [3.63, 3.8) is 0 Å². The molecule has 1 aromatic rings. The van der Waals surface area contributed by atoms with Crippen LogP contribution in [-0.2, 0) is 9.53 Å². The fraction of sp³-hybridized carbons (Fsp3) is 0.562. The summed E-state index contributed by atoms with van der Waals surface area (Å²) >= 11 is 0. The Labute approximate surface area is 134 Å². The molecule has 0 aliphatic carbocycles. The molecule has 2 fully saturated rings. The topological polar surface area (TPSA) is 89.0 Å². The van der Waals surface area contributed by atoms with Crippen LogP contribution in [0.4, 0.5) is 0 Å². The van der Waals surface area contributed by atoms with Crippen LogP contribution in [0.25, 0.3) is 0 Å². The third-order valence-corrected chi connectivity index (χ3v) is 4.29. The average Bonchev–Trinajstić information content (AvgIpc) is 3.07. The first-order chi connectivity index (χ1) is 11.1. The van der Waals surface area contributed by atoms with Gasteiger partial charge in [-0.25, -0.2) is 4.98 Å². The number of nitrogens with zero attached hydrogens (tertiary/aromatic N) is 2. The maximum atomic E-state index is 12.5. The van der Waals surface area contributed by atoms with Crippen molar-refractivity contribution in [2.45, 2.75) is 25.4 Å². The Kier molecular flexibility index (Phi) is 4.76. The molecule has 3 rings (SSSR count). The van der Waals surface area contributed by atoms with Gasteiger partial charge in [-0.05, 0) is 18.9 Å². The summed E-state index contributed by atoms with van der Waals surface area (Å²) in [4.78, 5) is 29.3. The highest BCUT2D eigenvalue weighted by Gasteiger charge is 2.28. The number of hydrogen-bond acceptors (Lipinski definition) is 5. The Morgan fingerprint density at radius 1 is 1.30 bits per heavy atom. The van der Waals surface area contributed by atoms with Crippen molar-refractivity contribution >= 4 is 11.9 Å². The quantitative estimate of drug-likeness (QED) is 0.896. The molecule has 1 aromatic heterocycles. The standard InChI is InChI=1S/C16H20N2O5/c19-15(18-6-2-11(3-7-18)16(20)21)12-1-5-17-14(9-12)23-13-4-8-22-10-13/h1,5,9,11,13H,2-4,6-8,10H2,(H,20,21). The minimum atomic E-state index is -0.782. The molecule has 0 radical (unpaired) electrons. The molecule has 23 heavy (non-hydrogen) atoms. The zero-order valence-electron chi connectivity index (χ0n) is 12.8. The lowest BCUT2D eigenvalue weighted by molar-refractivity contribution is -0.143. The second kappa shape index (κ2) is 6.95. The Hall–Kier alpha value is -2.15. The predicted octanol–water partition coefficient (Wildman–Crippen LogP) is 1.19. The lowest BCUT2D eigenvalue weighted by atomic mass is 9.97. The van der Waals surface area contributed by atoms with Gasteiger partial charge < -0.3 is 19.5 Å². The molecule has 1 atom stereocenters. The maximum absolute atomic E-state index is 12.5. The van der Waals surface area contributed by atoms with Crippen molar-refractivity contribution in [3.05, 3.63) is 23.9 Å². The fourth-order valence-electron chi connectivity index (χ4n) is 2.90. The fourth-order valence-corrected chi connectivity index (χ4v) is 2.90. The van der Waals surface area contributed by atoms with E-state index in [4.69, 9.17) is 14.6 Å². The largest absolute Gasteiger partial charge is 0.481 e. The third-order valence-electron chi connectivity index (χ3n) is 4.29. The van der Waals surface area contributed by atoms with E-state index >= 15 is 0 Å². The summed E-state index contributed by atoms with van der Waals surface area (Å²) in [7, 11) is 0. The van der Waals surface area contributed by atoms with Gasteiger partial charge in [0.15, 0.2) is 0 Å². The van der Waals surface area contributed by atoms with Crippen LogP contribution in [0.3, 0.4) is 0 Å². The molecule has 0 spiro atoms. The number of pyridine rings is 1. The van der Waals surface area contributed by atoms with Gasteiger partial charge in [-0.15, -0.1) is 0 Å². The van der Waals surface area contributed by atoms with Crippen molar-refractivity contribution in [1.82, 2.24) is 9.88 Å². The SMILES string of the molecule is O=C(O)C1CCN(C(=O)c2ccnc(OC3CCOC3)c2)CC1. The van der Waals surface area contributed by atoms with E-state index in [9.17, 15) is 9.59 Å². The number of carboxylic acid groups (broad SMARTS) is 1. The van der Waals surface area contributed by atoms with Crippen molar-refractivity contribution in [2.24, 2.45) is 5.92 Å². The molecule has 2 aliphatic rings. The minimum Gasteiger partial charge on any atom is -0.481 e. The van der Waals surface area contributed by atoms with E-state index in [2.05, 4.69) is 4.98 Å². The molecule has 7 nitrogen and oxygen atoms in total. The Bertz CT molecular complexity index is 578. The van der Waals surface area contributed by atoms with Gasteiger partial charge in [0.1, 0.15) is 6.10 Å². The number of amides is 1. The molecule has 0 saturated carbocycles. The summed E-state index contributed by atoms with van der Waals surface area (Å²) in [5.74, 6) is -0.816. The average molecular weight is 320 g/mol. The van der Waals surface area contributed by atoms with Gasteiger partial charge in [0.05, 0.1) is 19.1 Å². The molecule has 0 bridgehead atoms. The van der Waals surface area contributed by atoms with Crippen LogP contribution in [0.15, 0.2) is 18.3 Å². The number of piperidine rings is 1. The number of hydrogen-bond donors (Lipinski definition) is 1. The predicted molar refractivity (Wildman–Crippen MR) is 80.4 cm³/mol. The molecule has 2 saturated heterocycles. The summed E-state index contributed by atoms with van der Waals surface area (Å²) in [6, 6.07) is 3.30. The van der Waals surface area contributed by atoms with Gasteiger partial charge in [-0.3, -0.25) is 9.59 Å². The highest BCUT2D eigenvalue weighted by Crippen LogP contribution is 2.21. The summed E-state index contributed by atoms with van der Waals surface area (Å²) in [5, 5.41) is 9.01. The lowest BCUT2D eigenvalue weighted by Crippen LogP contribution is -2.40. The molecule has 1 amide bonds. The van der Waals surface area contributed by atoms with Crippen molar-refractivity contribution < 1.29 is 24.2 Å². The van der Waals surface area contributed by atoms with Crippen LogP contribution >= 0.6 is 0 Å². The van der Waals surface area contributed by atoms with Crippen molar-refractivity contribution in [2.75, 3.05) is 26.3 Å². The highest BCUT2D eigenvalue weighted by atomic mass is 16.5. The number of aromatic nitrogens is 1. The summed E-state index contributed by atoms with van der Waals surface area (Å²) in [6.07, 6.45) is 3.36. The second-order valence-corrected chi connectivity index (χ2v) is 5.89. The minimum absolute atomic E-state index is 0.0147. The van der Waals surface area contributed by atoms with Crippen molar-refractivity contribution in [1.29, 1.82) is 0 Å². The van der Waals surface area contributed by atoms with E-state index in [0.29, 0.717) is 50.6 Å². The van der Waals surface area contributed by atoms with Gasteiger partial charge in [0.2, 0.25) is 5.88 Å². The Morgan fingerprint density at radius 2 is 2.09 bits per heavy atom. The summed E-state index contributed by atoms with van der Waals surface area (Å²) in [5.41, 5.74) is 0.516. The first-order valence-electron chi connectivity index (χ1n) is 7.86. The molecule has 0 aromatic carbocycles. The molecule has 7 heteroatoms. The number of carbonyl (C=O) groups excluding carboxylic acids is 1. The van der Waals surface area contributed by atoms with Gasteiger partial charge >= 0.3 is 5.97 Å². The molecular formula is C16H20N2O5. The van der Waals surface area contributed by atoms with E-state index in [1.807, 2.05) is 0 Å². The Morgan fingerprint density at radius 3 is 2.74 bits per heavy atom. The van der Waals surface area contributed by atoms with E-state index < -0.39 is 5.97 Å². The van der Waals surface area contributed by atoms with Crippen molar-refractivity contribution in [3.8, 4) is 5.88 Å². The van der Waals surface area contributed by atoms with Crippen LogP contribution < -0.4 is 4.74 Å². The number of likely N-dealkylation sites (tertiary alicyclic amines) is 1. The monoisotopic (exact) mass is 320 g/mol. The second-order valence-electron chi connectivity index (χ2n) is 5.89. The van der Waals surface area contributed by atoms with Crippen LogP contribution in [0.5, 0.6) is 5.88 Å². The molecule has 2 aliphatic heterocycles. The van der Waals surface area contributed by atoms with Gasteiger partial charge in [-0.1, -0.05) is 0 Å². The van der Waals surface area contributed by atoms with Crippen LogP contribution in [-0.4, -0.2) is 59.3 Å². The zero-order valence-corrected chi connectivity index (χ0v) is 12.8. The van der Waals surface area contributed by atoms with Gasteiger partial charge in [0, 0.05) is 37.3 Å². The number of carbonyl (C=O) groups is 2. The summed E-state index contributed by atoms with van der Waals surface area (Å²) in [6.45, 7) is 2.15. The first kappa shape index (κ1) is 15.7. The van der Waals surface area contributed by atoms with E-state index in [1.165, 1.54) is 0 Å². The Balaban J connectivity index is 1.62. The van der Waals surface area contributed by atoms with Crippen LogP contribution in [0.2, 0.25) is 0 Å². The molecule has 124 valence electrons. The van der Waals surface area contributed by atoms with Crippen LogP contribution in [0, 0.1) is 5.92 Å². The van der Waals surface area contributed by atoms with E-state index in [1.54, 1.807) is 23.2 Å². The van der Waals surface area contributed by atoms with Crippen LogP contribution in [0.1, 0.15) is 29.6 Å². The van der Waals surface area contributed by atoms with E-state index in [0.717, 1.165) is 6.42 Å². The molecular weight excluding hydrogens is 300 g/mol. The lowest BCUT2D eigenvalue weighted by Gasteiger charge is -2.30. The molecule has 1 N–H and O–H groups in total. The van der Waals surface area contributed by atoms with Gasteiger partial charge in [0.25, 0.3) is 5.91 Å². The van der Waals surface area contributed by atoms with E-state index in [-0.39, 0.29) is 17.9 Å². The highest BCUT2D eigenvalue weighted by molar-refractivity contribution is 5.94. The molecule has 3 heterocycles.